The van der Waals surface area contributed by atoms with E-state index in [0.29, 0.717) is 23.2 Å². The van der Waals surface area contributed by atoms with Gasteiger partial charge in [-0.3, -0.25) is 5.43 Å². The monoisotopic (exact) mass is 433 g/mol. The van der Waals surface area contributed by atoms with E-state index in [0.717, 1.165) is 22.4 Å². The van der Waals surface area contributed by atoms with Gasteiger partial charge >= 0.3 is 0 Å². The summed E-state index contributed by atoms with van der Waals surface area (Å²) in [6.45, 7) is 0.465. The van der Waals surface area contributed by atoms with Gasteiger partial charge in [0.1, 0.15) is 12.4 Å². The molecule has 0 unspecified atom stereocenters. The molecule has 0 saturated heterocycles. The van der Waals surface area contributed by atoms with Crippen molar-refractivity contribution in [3.05, 3.63) is 95.1 Å². The topological polar surface area (TPSA) is 55.7 Å². The molecule has 4 aromatic rings. The molecule has 7 heteroatoms. The first-order chi connectivity index (χ1) is 15.2. The van der Waals surface area contributed by atoms with Crippen molar-refractivity contribution in [3.8, 4) is 22.8 Å². The number of rotatable bonds is 8. The van der Waals surface area contributed by atoms with Gasteiger partial charge < -0.3 is 9.47 Å². The quantitative estimate of drug-likeness (QED) is 0.274. The second-order valence-electron chi connectivity index (χ2n) is 6.60. The number of hydrazone groups is 1. The summed E-state index contributed by atoms with van der Waals surface area (Å²) >= 11 is 1.42. The molecule has 0 spiro atoms. The SMILES string of the molecule is COc1cc(/C=N/Nc2nc(-c3ccc(F)cc3)cs2)ccc1OCc1ccccc1. The molecular formula is C24H20FN3O2S. The highest BCUT2D eigenvalue weighted by molar-refractivity contribution is 7.14. The van der Waals surface area contributed by atoms with E-state index in [1.54, 1.807) is 25.5 Å². The number of anilines is 1. The molecule has 4 rings (SSSR count). The Labute approximate surface area is 183 Å². The maximum atomic E-state index is 13.1. The summed E-state index contributed by atoms with van der Waals surface area (Å²) in [6, 6.07) is 21.8. The Morgan fingerprint density at radius 3 is 2.61 bits per heavy atom. The van der Waals surface area contributed by atoms with Crippen LogP contribution in [-0.4, -0.2) is 18.3 Å². The summed E-state index contributed by atoms with van der Waals surface area (Å²) in [5, 5.41) is 6.79. The van der Waals surface area contributed by atoms with Gasteiger partial charge in [0.15, 0.2) is 11.5 Å². The molecule has 0 fully saturated rings. The Balaban J connectivity index is 1.38. The van der Waals surface area contributed by atoms with Crippen molar-refractivity contribution >= 4 is 22.7 Å². The van der Waals surface area contributed by atoms with Crippen molar-refractivity contribution in [2.45, 2.75) is 6.61 Å². The molecule has 31 heavy (non-hydrogen) atoms. The first-order valence-corrected chi connectivity index (χ1v) is 10.4. The van der Waals surface area contributed by atoms with Crippen LogP contribution in [0.15, 0.2) is 83.3 Å². The van der Waals surface area contributed by atoms with Crippen molar-refractivity contribution in [3.63, 3.8) is 0 Å². The number of hydrogen-bond donors (Lipinski definition) is 1. The fourth-order valence-electron chi connectivity index (χ4n) is 2.86. The zero-order valence-electron chi connectivity index (χ0n) is 16.8. The van der Waals surface area contributed by atoms with Crippen LogP contribution in [0.25, 0.3) is 11.3 Å². The third-order valence-corrected chi connectivity index (χ3v) is 5.19. The first-order valence-electron chi connectivity index (χ1n) is 9.56. The summed E-state index contributed by atoms with van der Waals surface area (Å²) in [4.78, 5) is 4.47. The van der Waals surface area contributed by atoms with E-state index < -0.39 is 0 Å². The number of thiazole rings is 1. The summed E-state index contributed by atoms with van der Waals surface area (Å²) in [6.07, 6.45) is 1.68. The lowest BCUT2D eigenvalue weighted by molar-refractivity contribution is 0.284. The van der Waals surface area contributed by atoms with Crippen LogP contribution in [-0.2, 0) is 6.61 Å². The van der Waals surface area contributed by atoms with Gasteiger partial charge in [-0.15, -0.1) is 11.3 Å². The minimum atomic E-state index is -0.270. The zero-order chi connectivity index (χ0) is 21.5. The van der Waals surface area contributed by atoms with E-state index in [2.05, 4.69) is 15.5 Å². The Kier molecular flexibility index (Phi) is 6.54. The fourth-order valence-corrected chi connectivity index (χ4v) is 3.53. The third-order valence-electron chi connectivity index (χ3n) is 4.44. The molecule has 0 aliphatic heterocycles. The molecule has 0 aliphatic carbocycles. The predicted octanol–water partition coefficient (Wildman–Crippen LogP) is 5.98. The van der Waals surface area contributed by atoms with Gasteiger partial charge in [-0.05, 0) is 53.6 Å². The summed E-state index contributed by atoms with van der Waals surface area (Å²) in [5.74, 6) is 1.03. The fraction of sp³-hybridized carbons (Fsp3) is 0.0833. The van der Waals surface area contributed by atoms with E-state index in [9.17, 15) is 4.39 Å². The first kappa shape index (κ1) is 20.6. The van der Waals surface area contributed by atoms with Crippen LogP contribution in [0.5, 0.6) is 11.5 Å². The number of nitrogens with zero attached hydrogens (tertiary/aromatic N) is 2. The van der Waals surface area contributed by atoms with Gasteiger partial charge in [0.05, 0.1) is 19.0 Å². The third kappa shape index (κ3) is 5.46. The zero-order valence-corrected chi connectivity index (χ0v) is 17.6. The number of nitrogens with one attached hydrogen (secondary N) is 1. The van der Waals surface area contributed by atoms with Gasteiger partial charge in [-0.1, -0.05) is 30.3 Å². The number of hydrogen-bond acceptors (Lipinski definition) is 6. The van der Waals surface area contributed by atoms with Crippen molar-refractivity contribution < 1.29 is 13.9 Å². The Morgan fingerprint density at radius 2 is 1.84 bits per heavy atom. The highest BCUT2D eigenvalue weighted by Crippen LogP contribution is 2.29. The molecule has 1 aromatic heterocycles. The maximum absolute atomic E-state index is 13.1. The van der Waals surface area contributed by atoms with Crippen molar-refractivity contribution in [1.29, 1.82) is 0 Å². The normalized spacial score (nSPS) is 10.9. The molecule has 1 heterocycles. The number of aromatic nitrogens is 1. The highest BCUT2D eigenvalue weighted by Gasteiger charge is 2.06. The van der Waals surface area contributed by atoms with Gasteiger partial charge in [0.25, 0.3) is 0 Å². The second kappa shape index (κ2) is 9.86. The average molecular weight is 434 g/mol. The summed E-state index contributed by atoms with van der Waals surface area (Å²) in [5.41, 5.74) is 6.48. The molecule has 5 nitrogen and oxygen atoms in total. The number of benzene rings is 3. The maximum Gasteiger partial charge on any atom is 0.203 e. The van der Waals surface area contributed by atoms with Crippen LogP contribution in [0.4, 0.5) is 9.52 Å². The van der Waals surface area contributed by atoms with Crippen LogP contribution in [0.1, 0.15) is 11.1 Å². The van der Waals surface area contributed by atoms with Crippen LogP contribution in [0.2, 0.25) is 0 Å². The largest absolute Gasteiger partial charge is 0.493 e. The molecule has 0 atom stereocenters. The average Bonchev–Trinajstić information content (AvgIpc) is 3.28. The Bertz CT molecular complexity index is 1160. The van der Waals surface area contributed by atoms with E-state index in [-0.39, 0.29) is 5.82 Å². The molecule has 0 aliphatic rings. The highest BCUT2D eigenvalue weighted by atomic mass is 32.1. The molecule has 0 saturated carbocycles. The van der Waals surface area contributed by atoms with E-state index in [1.807, 2.05) is 53.9 Å². The standard InChI is InChI=1S/C24H20FN3O2S/c1-29-23-13-18(7-12-22(23)30-15-17-5-3-2-4-6-17)14-26-28-24-27-21(16-31-24)19-8-10-20(25)11-9-19/h2-14,16H,15H2,1H3,(H,27,28)/b26-14+. The van der Waals surface area contributed by atoms with Crippen LogP contribution in [0, 0.1) is 5.82 Å². The predicted molar refractivity (Wildman–Crippen MR) is 122 cm³/mol. The van der Waals surface area contributed by atoms with E-state index in [1.165, 1.54) is 23.5 Å². The molecule has 1 N–H and O–H groups in total. The molecular weight excluding hydrogens is 413 g/mol. The van der Waals surface area contributed by atoms with Crippen molar-refractivity contribution in [2.75, 3.05) is 12.5 Å². The van der Waals surface area contributed by atoms with Crippen LogP contribution < -0.4 is 14.9 Å². The van der Waals surface area contributed by atoms with Crippen LogP contribution >= 0.6 is 11.3 Å². The molecule has 156 valence electrons. The molecule has 0 radical (unpaired) electrons. The van der Waals surface area contributed by atoms with Gasteiger partial charge in [-0.25, -0.2) is 9.37 Å². The Morgan fingerprint density at radius 1 is 1.03 bits per heavy atom. The molecule has 0 bridgehead atoms. The van der Waals surface area contributed by atoms with Crippen molar-refractivity contribution in [2.24, 2.45) is 5.10 Å². The summed E-state index contributed by atoms with van der Waals surface area (Å²) < 4.78 is 24.4. The van der Waals surface area contributed by atoms with E-state index in [4.69, 9.17) is 9.47 Å². The van der Waals surface area contributed by atoms with Crippen molar-refractivity contribution in [1.82, 2.24) is 4.98 Å². The minimum absolute atomic E-state index is 0.270. The minimum Gasteiger partial charge on any atom is -0.493 e. The number of ether oxygens (including phenoxy) is 2. The number of methoxy groups -OCH3 is 1. The molecule has 3 aromatic carbocycles. The second-order valence-corrected chi connectivity index (χ2v) is 7.46. The smallest absolute Gasteiger partial charge is 0.203 e. The number of halogens is 1. The van der Waals surface area contributed by atoms with Gasteiger partial charge in [0.2, 0.25) is 5.13 Å². The lowest BCUT2D eigenvalue weighted by Crippen LogP contribution is -1.98. The van der Waals surface area contributed by atoms with E-state index >= 15 is 0 Å². The van der Waals surface area contributed by atoms with Gasteiger partial charge in [-0.2, -0.15) is 5.10 Å². The molecule has 0 amide bonds. The summed E-state index contributed by atoms with van der Waals surface area (Å²) in [7, 11) is 1.61. The van der Waals surface area contributed by atoms with Gasteiger partial charge in [0, 0.05) is 10.9 Å². The Hall–Kier alpha value is -3.71. The van der Waals surface area contributed by atoms with Crippen LogP contribution in [0.3, 0.4) is 0 Å². The lowest BCUT2D eigenvalue weighted by Gasteiger charge is -2.11. The lowest BCUT2D eigenvalue weighted by atomic mass is 10.2.